The number of carbonyl (C=O) groups is 1. The fourth-order valence-electron chi connectivity index (χ4n) is 6.72. The van der Waals surface area contributed by atoms with Gasteiger partial charge in [0.15, 0.2) is 6.29 Å². The third-order valence-corrected chi connectivity index (χ3v) is 8.57. The highest BCUT2D eigenvalue weighted by Crippen LogP contribution is 2.61. The summed E-state index contributed by atoms with van der Waals surface area (Å²) >= 11 is 0. The Morgan fingerprint density at radius 1 is 1.23 bits per heavy atom. The van der Waals surface area contributed by atoms with Crippen LogP contribution in [-0.4, -0.2) is 47.4 Å². The number of fused-ring (bicyclic) bond motifs is 2. The Hall–Kier alpha value is -2.26. The lowest BCUT2D eigenvalue weighted by atomic mass is 9.56. The number of phenols is 1. The highest BCUT2D eigenvalue weighted by atomic mass is 17.2. The largest absolute Gasteiger partial charge is 0.507 e. The molecule has 190 valence electrons. The van der Waals surface area contributed by atoms with E-state index in [1.807, 2.05) is 0 Å². The van der Waals surface area contributed by atoms with E-state index in [9.17, 15) is 9.90 Å². The summed E-state index contributed by atoms with van der Waals surface area (Å²) in [5.74, 6) is 1.20. The van der Waals surface area contributed by atoms with Gasteiger partial charge >= 0.3 is 0 Å². The van der Waals surface area contributed by atoms with Crippen molar-refractivity contribution in [3.8, 4) is 5.75 Å². The third kappa shape index (κ3) is 4.53. The molecular formula is C27H36N2O6. The molecule has 2 saturated carbocycles. The quantitative estimate of drug-likeness (QED) is 0.273. The van der Waals surface area contributed by atoms with Gasteiger partial charge in [-0.15, -0.1) is 0 Å². The molecule has 6 rings (SSSR count). The summed E-state index contributed by atoms with van der Waals surface area (Å²) in [5, 5.41) is 13.6. The number of nitrogens with one attached hydrogen (secondary N) is 1. The summed E-state index contributed by atoms with van der Waals surface area (Å²) in [7, 11) is 0. The van der Waals surface area contributed by atoms with E-state index in [4.69, 9.17) is 19.2 Å². The molecule has 35 heavy (non-hydrogen) atoms. The molecule has 1 aromatic rings. The van der Waals surface area contributed by atoms with Crippen LogP contribution < -0.4 is 5.43 Å². The number of hydrazone groups is 1. The van der Waals surface area contributed by atoms with Crippen molar-refractivity contribution in [2.75, 3.05) is 6.61 Å². The van der Waals surface area contributed by atoms with Gasteiger partial charge < -0.3 is 14.6 Å². The number of hydrogen-bond donors (Lipinski definition) is 2. The predicted octanol–water partition coefficient (Wildman–Crippen LogP) is 4.08. The van der Waals surface area contributed by atoms with E-state index in [0.717, 1.165) is 25.7 Å². The molecule has 8 atom stereocenters. The van der Waals surface area contributed by atoms with Crippen LogP contribution in [0.4, 0.5) is 0 Å². The van der Waals surface area contributed by atoms with Crippen LogP contribution >= 0.6 is 0 Å². The van der Waals surface area contributed by atoms with E-state index >= 15 is 0 Å². The lowest BCUT2D eigenvalue weighted by molar-refractivity contribution is -0.495. The number of benzene rings is 1. The normalized spacial score (nSPS) is 40.5. The fourth-order valence-corrected chi connectivity index (χ4v) is 6.72. The average Bonchev–Trinajstić information content (AvgIpc) is 3.07. The van der Waals surface area contributed by atoms with E-state index in [1.54, 1.807) is 30.3 Å². The van der Waals surface area contributed by atoms with Gasteiger partial charge in [0.2, 0.25) is 0 Å². The summed E-state index contributed by atoms with van der Waals surface area (Å²) in [6, 6.07) is 6.77. The number of para-hydroxylation sites is 1. The maximum atomic E-state index is 12.1. The molecule has 3 unspecified atom stereocenters. The van der Waals surface area contributed by atoms with Crippen LogP contribution in [0.25, 0.3) is 0 Å². The Kier molecular flexibility index (Phi) is 6.74. The molecule has 2 aliphatic carbocycles. The van der Waals surface area contributed by atoms with Crippen molar-refractivity contribution >= 4 is 12.1 Å². The standard InChI is InChI=1S/C27H36N2O6/c1-17-10-11-21-18(2)25(33-23-15-26(3)13-12-20(17)27(21,23)35-34-26)32-14-6-9-24(31)29-28-16-19-7-4-5-8-22(19)30/h4-9,16-18,20-21,23,25,30H,10-15H2,1-3H3,(H,29,31)/b9-6+,28-16+/t17-,18-,20?,21?,23-,25?,26+,27-/m1/s1. The van der Waals surface area contributed by atoms with Gasteiger partial charge in [-0.05, 0) is 56.6 Å². The highest BCUT2D eigenvalue weighted by Gasteiger charge is 2.68. The molecule has 8 nitrogen and oxygen atoms in total. The summed E-state index contributed by atoms with van der Waals surface area (Å²) < 4.78 is 12.7. The van der Waals surface area contributed by atoms with Crippen LogP contribution in [-0.2, 0) is 24.0 Å². The summed E-state index contributed by atoms with van der Waals surface area (Å²) in [4.78, 5) is 24.4. The molecule has 8 heteroatoms. The van der Waals surface area contributed by atoms with Gasteiger partial charge in [0.05, 0.1) is 18.9 Å². The summed E-state index contributed by atoms with van der Waals surface area (Å²) in [6.07, 6.45) is 9.20. The Labute approximate surface area is 206 Å². The number of amides is 1. The van der Waals surface area contributed by atoms with E-state index in [2.05, 4.69) is 31.3 Å². The first kappa shape index (κ1) is 24.4. The van der Waals surface area contributed by atoms with Crippen molar-refractivity contribution in [2.45, 2.75) is 76.5 Å². The first-order valence-corrected chi connectivity index (χ1v) is 12.7. The van der Waals surface area contributed by atoms with Crippen molar-refractivity contribution in [3.63, 3.8) is 0 Å². The van der Waals surface area contributed by atoms with Crippen LogP contribution in [0.1, 0.15) is 58.4 Å². The monoisotopic (exact) mass is 484 g/mol. The zero-order valence-electron chi connectivity index (χ0n) is 20.7. The molecule has 5 aliphatic rings. The Balaban J connectivity index is 1.19. The summed E-state index contributed by atoms with van der Waals surface area (Å²) in [5.41, 5.74) is 2.23. The highest BCUT2D eigenvalue weighted by molar-refractivity contribution is 5.89. The maximum absolute atomic E-state index is 12.1. The van der Waals surface area contributed by atoms with Crippen LogP contribution in [0, 0.1) is 23.7 Å². The zero-order chi connectivity index (χ0) is 24.6. The first-order chi connectivity index (χ1) is 16.8. The number of phenolic OH excluding ortho intramolecular Hbond substituents is 1. The minimum atomic E-state index is -0.395. The number of aromatic hydroxyl groups is 1. The third-order valence-electron chi connectivity index (χ3n) is 8.57. The van der Waals surface area contributed by atoms with E-state index in [-0.39, 0.29) is 42.2 Å². The molecule has 5 fully saturated rings. The minimum absolute atomic E-state index is 0.0567. The molecule has 3 heterocycles. The summed E-state index contributed by atoms with van der Waals surface area (Å²) in [6.45, 7) is 6.90. The molecule has 2 N–H and O–H groups in total. The fraction of sp³-hybridized carbons (Fsp3) is 0.630. The van der Waals surface area contributed by atoms with E-state index < -0.39 is 5.60 Å². The van der Waals surface area contributed by atoms with Crippen LogP contribution in [0.2, 0.25) is 0 Å². The average molecular weight is 485 g/mol. The molecule has 1 amide bonds. The molecule has 3 saturated heterocycles. The van der Waals surface area contributed by atoms with Gasteiger partial charge in [-0.1, -0.05) is 32.1 Å². The van der Waals surface area contributed by atoms with Gasteiger partial charge in [-0.2, -0.15) is 5.10 Å². The number of hydrogen-bond acceptors (Lipinski definition) is 7. The molecule has 1 aromatic carbocycles. The van der Waals surface area contributed by atoms with Crippen LogP contribution in [0.3, 0.4) is 0 Å². The van der Waals surface area contributed by atoms with Crippen molar-refractivity contribution in [1.29, 1.82) is 0 Å². The van der Waals surface area contributed by atoms with Gasteiger partial charge in [0.25, 0.3) is 5.91 Å². The van der Waals surface area contributed by atoms with Crippen LogP contribution in [0.5, 0.6) is 5.75 Å². The number of ether oxygens (including phenoxy) is 2. The lowest BCUT2D eigenvalue weighted by Crippen LogP contribution is -2.69. The van der Waals surface area contributed by atoms with E-state index in [0.29, 0.717) is 23.3 Å². The smallest absolute Gasteiger partial charge is 0.263 e. The second kappa shape index (κ2) is 9.65. The number of nitrogens with zero attached hydrogens (tertiary/aromatic N) is 1. The van der Waals surface area contributed by atoms with Gasteiger partial charge in [0, 0.05) is 29.9 Å². The minimum Gasteiger partial charge on any atom is -0.507 e. The van der Waals surface area contributed by atoms with E-state index in [1.165, 1.54) is 18.7 Å². The van der Waals surface area contributed by atoms with Gasteiger partial charge in [-0.3, -0.25) is 4.79 Å². The van der Waals surface area contributed by atoms with Crippen molar-refractivity contribution in [2.24, 2.45) is 28.8 Å². The Morgan fingerprint density at radius 3 is 2.89 bits per heavy atom. The second-order valence-corrected chi connectivity index (χ2v) is 10.9. The number of rotatable bonds is 6. The van der Waals surface area contributed by atoms with Crippen molar-refractivity contribution in [3.05, 3.63) is 42.0 Å². The topological polar surface area (TPSA) is 98.6 Å². The van der Waals surface area contributed by atoms with Crippen molar-refractivity contribution in [1.82, 2.24) is 5.43 Å². The van der Waals surface area contributed by atoms with Crippen molar-refractivity contribution < 1.29 is 29.1 Å². The molecule has 3 aliphatic heterocycles. The SMILES string of the molecule is C[C@H]1C(OC/C=C/C(=O)N/N=C/c2ccccc2O)O[C@@H]2C[C@]3(C)CCC4[C@H](C)CCC1[C@]42OO3. The molecule has 2 bridgehead atoms. The molecule has 0 radical (unpaired) electrons. The molecule has 0 aromatic heterocycles. The predicted molar refractivity (Wildman–Crippen MR) is 129 cm³/mol. The number of carbonyl (C=O) groups excluding carboxylic acids is 1. The van der Waals surface area contributed by atoms with Gasteiger partial charge in [-0.25, -0.2) is 15.2 Å². The lowest BCUT2D eigenvalue weighted by Gasteiger charge is -2.61. The Morgan fingerprint density at radius 2 is 2.06 bits per heavy atom. The molecular weight excluding hydrogens is 448 g/mol. The maximum Gasteiger partial charge on any atom is 0.263 e. The van der Waals surface area contributed by atoms with Crippen LogP contribution in [0.15, 0.2) is 41.5 Å². The Bertz CT molecular complexity index is 998. The molecule has 1 spiro atoms. The van der Waals surface area contributed by atoms with Gasteiger partial charge in [0.1, 0.15) is 17.0 Å². The zero-order valence-corrected chi connectivity index (χ0v) is 20.7. The second-order valence-electron chi connectivity index (χ2n) is 10.9. The first-order valence-electron chi connectivity index (χ1n) is 12.7.